The van der Waals surface area contributed by atoms with Crippen molar-refractivity contribution >= 4 is 34.1 Å². The van der Waals surface area contributed by atoms with Crippen LogP contribution in [0.15, 0.2) is 140 Å². The first kappa shape index (κ1) is 24.9. The van der Waals surface area contributed by atoms with Gasteiger partial charge in [-0.05, 0) is 34.4 Å². The van der Waals surface area contributed by atoms with Gasteiger partial charge in [-0.1, -0.05) is 127 Å². The van der Waals surface area contributed by atoms with Crippen LogP contribution >= 0.6 is 7.14 Å². The fraction of sp³-hybridized carbons (Fsp3) is 0.0294. The van der Waals surface area contributed by atoms with Crippen molar-refractivity contribution in [1.29, 1.82) is 0 Å². The summed E-state index contributed by atoms with van der Waals surface area (Å²) < 4.78 is 43.7. The van der Waals surface area contributed by atoms with Gasteiger partial charge in [0.1, 0.15) is 5.44 Å². The molecule has 0 spiro atoms. The minimum atomic E-state index is -3.61. The summed E-state index contributed by atoms with van der Waals surface area (Å²) >= 11 is 0. The quantitative estimate of drug-likeness (QED) is 0.203. The Balaban J connectivity index is 1.54. The van der Waals surface area contributed by atoms with E-state index in [9.17, 15) is 8.78 Å². The van der Waals surface area contributed by atoms with Crippen molar-refractivity contribution in [3.63, 3.8) is 0 Å². The van der Waals surface area contributed by atoms with Gasteiger partial charge in [-0.2, -0.15) is 0 Å². The van der Waals surface area contributed by atoms with Crippen molar-refractivity contribution in [2.45, 2.75) is 6.43 Å². The van der Waals surface area contributed by atoms with Crippen LogP contribution in [0.2, 0.25) is 0 Å². The van der Waals surface area contributed by atoms with Crippen molar-refractivity contribution in [3.05, 3.63) is 145 Å². The topological polar surface area (TPSA) is 30.0 Å². The molecule has 0 aliphatic carbocycles. The maximum Gasteiger partial charge on any atom is 0.264 e. The molecule has 1 heterocycles. The molecule has 39 heavy (non-hydrogen) atoms. The standard InChI is InChI=1S/C34H24F2NOP/c35-34(36)31-23-33(37-32-14-8-7-13-30(31)32)39(38,28-19-15-26(16-20-28)24-9-3-1-4-10-24)29-21-17-27(18-22-29)25-11-5-2-6-12-25/h1-23,34H. The molecular formula is C34H24F2NOP. The van der Waals surface area contributed by atoms with Crippen molar-refractivity contribution in [2.75, 3.05) is 0 Å². The number of hydrogen-bond acceptors (Lipinski definition) is 2. The molecule has 0 atom stereocenters. The summed E-state index contributed by atoms with van der Waals surface area (Å²) in [6.45, 7) is 0. The Hall–Kier alpha value is -4.40. The van der Waals surface area contributed by atoms with E-state index >= 15 is 4.57 Å². The molecule has 0 aliphatic heterocycles. The van der Waals surface area contributed by atoms with Gasteiger partial charge in [0.25, 0.3) is 6.43 Å². The summed E-state index contributed by atoms with van der Waals surface area (Å²) in [5.41, 5.74) is 4.40. The zero-order valence-corrected chi connectivity index (χ0v) is 21.8. The third kappa shape index (κ3) is 4.69. The lowest BCUT2D eigenvalue weighted by Crippen LogP contribution is -2.27. The number of para-hydroxylation sites is 1. The highest BCUT2D eigenvalue weighted by Gasteiger charge is 2.33. The lowest BCUT2D eigenvalue weighted by Gasteiger charge is -2.21. The van der Waals surface area contributed by atoms with Gasteiger partial charge in [0, 0.05) is 21.6 Å². The molecule has 0 amide bonds. The molecule has 6 aromatic rings. The number of pyridine rings is 1. The van der Waals surface area contributed by atoms with Crippen LogP contribution in [0.1, 0.15) is 12.0 Å². The number of hydrogen-bond donors (Lipinski definition) is 0. The molecule has 5 heteroatoms. The molecule has 0 bridgehead atoms. The first-order valence-corrected chi connectivity index (χ1v) is 14.4. The molecule has 5 aromatic carbocycles. The van der Waals surface area contributed by atoms with Crippen molar-refractivity contribution < 1.29 is 13.3 Å². The number of aromatic nitrogens is 1. The van der Waals surface area contributed by atoms with Gasteiger partial charge < -0.3 is 4.57 Å². The molecule has 0 unspecified atom stereocenters. The number of benzene rings is 5. The monoisotopic (exact) mass is 531 g/mol. The lowest BCUT2D eigenvalue weighted by molar-refractivity contribution is 0.153. The molecule has 0 radical (unpaired) electrons. The molecular weight excluding hydrogens is 507 g/mol. The van der Waals surface area contributed by atoms with E-state index in [1.54, 1.807) is 24.3 Å². The number of fused-ring (bicyclic) bond motifs is 1. The largest absolute Gasteiger partial charge is 0.307 e. The highest BCUT2D eigenvalue weighted by molar-refractivity contribution is 7.85. The maximum absolute atomic E-state index is 15.2. The number of alkyl halides is 2. The second-order valence-electron chi connectivity index (χ2n) is 9.32. The Morgan fingerprint density at radius 1 is 0.538 bits per heavy atom. The van der Waals surface area contributed by atoms with Gasteiger partial charge in [-0.25, -0.2) is 13.8 Å². The molecule has 0 saturated carbocycles. The average Bonchev–Trinajstić information content (AvgIpc) is 3.01. The first-order chi connectivity index (χ1) is 19.0. The molecule has 0 fully saturated rings. The Morgan fingerprint density at radius 2 is 0.974 bits per heavy atom. The normalized spacial score (nSPS) is 11.7. The molecule has 6 rings (SSSR count). The molecule has 190 valence electrons. The van der Waals surface area contributed by atoms with Crippen LogP contribution < -0.4 is 16.0 Å². The number of halogens is 2. The van der Waals surface area contributed by atoms with Gasteiger partial charge in [-0.3, -0.25) is 0 Å². The Labute approximate surface area is 226 Å². The van der Waals surface area contributed by atoms with Crippen molar-refractivity contribution in [3.8, 4) is 22.3 Å². The molecule has 2 nitrogen and oxygen atoms in total. The maximum atomic E-state index is 15.2. The smallest absolute Gasteiger partial charge is 0.264 e. The van der Waals surface area contributed by atoms with Crippen LogP contribution in [0.5, 0.6) is 0 Å². The van der Waals surface area contributed by atoms with E-state index in [4.69, 9.17) is 4.98 Å². The summed E-state index contributed by atoms with van der Waals surface area (Å²) in [6.07, 6.45) is -2.73. The highest BCUT2D eigenvalue weighted by atomic mass is 31.2. The highest BCUT2D eigenvalue weighted by Crippen LogP contribution is 2.44. The summed E-state index contributed by atoms with van der Waals surface area (Å²) in [5.74, 6) is 0. The lowest BCUT2D eigenvalue weighted by atomic mass is 10.1. The van der Waals surface area contributed by atoms with Crippen LogP contribution in [-0.2, 0) is 4.57 Å². The number of nitrogens with zero attached hydrogens (tertiary/aromatic N) is 1. The van der Waals surface area contributed by atoms with E-state index in [0.29, 0.717) is 21.5 Å². The summed E-state index contributed by atoms with van der Waals surface area (Å²) in [6, 6.07) is 42.9. The van der Waals surface area contributed by atoms with E-state index in [-0.39, 0.29) is 11.0 Å². The zero-order valence-electron chi connectivity index (χ0n) is 20.9. The second kappa shape index (κ2) is 10.4. The predicted molar refractivity (Wildman–Crippen MR) is 157 cm³/mol. The summed E-state index contributed by atoms with van der Waals surface area (Å²) in [4.78, 5) is 4.71. The predicted octanol–water partition coefficient (Wildman–Crippen LogP) is 8.15. The van der Waals surface area contributed by atoms with Gasteiger partial charge in [-0.15, -0.1) is 0 Å². The zero-order chi connectivity index (χ0) is 26.8. The Morgan fingerprint density at radius 3 is 1.46 bits per heavy atom. The molecule has 1 aromatic heterocycles. The van der Waals surface area contributed by atoms with Crippen LogP contribution in [0, 0.1) is 0 Å². The fourth-order valence-corrected chi connectivity index (χ4v) is 7.47. The third-order valence-electron chi connectivity index (χ3n) is 6.97. The van der Waals surface area contributed by atoms with Crippen molar-refractivity contribution in [2.24, 2.45) is 0 Å². The van der Waals surface area contributed by atoms with Crippen LogP contribution in [0.3, 0.4) is 0 Å². The number of rotatable bonds is 6. The average molecular weight is 532 g/mol. The molecule has 0 N–H and O–H groups in total. The Bertz CT molecular complexity index is 1700. The van der Waals surface area contributed by atoms with E-state index in [0.717, 1.165) is 22.3 Å². The van der Waals surface area contributed by atoms with Crippen molar-refractivity contribution in [1.82, 2.24) is 4.98 Å². The second-order valence-corrected chi connectivity index (χ2v) is 12.0. The van der Waals surface area contributed by atoms with E-state index in [1.807, 2.05) is 109 Å². The SMILES string of the molecule is O=P(c1ccc(-c2ccccc2)cc1)(c1ccc(-c2ccccc2)cc1)c1cc(C(F)F)c2ccccc2n1. The molecule has 0 saturated heterocycles. The van der Waals surface area contributed by atoms with Crippen LogP contribution in [0.25, 0.3) is 33.2 Å². The van der Waals surface area contributed by atoms with E-state index < -0.39 is 13.6 Å². The van der Waals surface area contributed by atoms with E-state index in [1.165, 1.54) is 6.07 Å². The van der Waals surface area contributed by atoms with Gasteiger partial charge in [0.05, 0.1) is 5.52 Å². The Kier molecular flexibility index (Phi) is 6.64. The minimum Gasteiger partial charge on any atom is -0.307 e. The van der Waals surface area contributed by atoms with Crippen LogP contribution in [0.4, 0.5) is 8.78 Å². The fourth-order valence-electron chi connectivity index (χ4n) is 4.93. The van der Waals surface area contributed by atoms with Crippen LogP contribution in [-0.4, -0.2) is 4.98 Å². The first-order valence-electron chi connectivity index (χ1n) is 12.6. The summed E-state index contributed by atoms with van der Waals surface area (Å²) in [5, 5.41) is 1.44. The minimum absolute atomic E-state index is 0.149. The van der Waals surface area contributed by atoms with E-state index in [2.05, 4.69) is 0 Å². The van der Waals surface area contributed by atoms with Gasteiger partial charge in [0.2, 0.25) is 0 Å². The molecule has 0 aliphatic rings. The third-order valence-corrected chi connectivity index (χ3v) is 9.89. The van der Waals surface area contributed by atoms with Gasteiger partial charge >= 0.3 is 0 Å². The summed E-state index contributed by atoms with van der Waals surface area (Å²) in [7, 11) is -3.61. The van der Waals surface area contributed by atoms with Gasteiger partial charge in [0.15, 0.2) is 7.14 Å².